The molecule has 2 N–H and O–H groups in total. The molecule has 138 valence electrons. The lowest BCUT2D eigenvalue weighted by Gasteiger charge is -2.53. The summed E-state index contributed by atoms with van der Waals surface area (Å²) in [6.45, 7) is 6.00. The lowest BCUT2D eigenvalue weighted by atomic mass is 9.52. The summed E-state index contributed by atoms with van der Waals surface area (Å²) in [6, 6.07) is 1.75. The first-order chi connectivity index (χ1) is 10.8. The minimum Gasteiger partial charge on any atom is -0.481 e. The monoisotopic (exact) mass is 337 g/mol. The molecular weight excluding hydrogens is 302 g/mol. The van der Waals surface area contributed by atoms with Crippen LogP contribution >= 0.6 is 0 Å². The van der Waals surface area contributed by atoms with Gasteiger partial charge < -0.3 is 10.2 Å². The zero-order chi connectivity index (χ0) is 17.2. The fraction of sp³-hybridized carbons (Fsp3) is 0.900. The Balaban J connectivity index is 0.000000671. The van der Waals surface area contributed by atoms with Crippen LogP contribution in [-0.4, -0.2) is 22.3 Å². The van der Waals surface area contributed by atoms with Gasteiger partial charge >= 0.3 is 5.97 Å². The van der Waals surface area contributed by atoms with Crippen LogP contribution in [0.1, 0.15) is 73.1 Å². The first-order valence-electron chi connectivity index (χ1n) is 9.05. The van der Waals surface area contributed by atoms with Crippen LogP contribution < -0.4 is 0 Å². The summed E-state index contributed by atoms with van der Waals surface area (Å²) >= 11 is 0. The molecule has 24 heavy (non-hydrogen) atoms. The number of rotatable bonds is 2. The Morgan fingerprint density at radius 1 is 1.21 bits per heavy atom. The summed E-state index contributed by atoms with van der Waals surface area (Å²) in [4.78, 5) is 11.0. The zero-order valence-corrected chi connectivity index (χ0v) is 14.7. The highest BCUT2D eigenvalue weighted by Gasteiger charge is 2.55. The highest BCUT2D eigenvalue weighted by Crippen LogP contribution is 2.61. The molecule has 4 nitrogen and oxygen atoms in total. The highest BCUT2D eigenvalue weighted by molar-refractivity contribution is 5.67. The molecule has 3 saturated carbocycles. The van der Waals surface area contributed by atoms with Gasteiger partial charge in [-0.2, -0.15) is 5.26 Å². The number of fused-ring (bicyclic) bond motifs is 3. The van der Waals surface area contributed by atoms with Crippen LogP contribution in [-0.2, 0) is 4.79 Å². The van der Waals surface area contributed by atoms with E-state index in [-0.39, 0.29) is 18.9 Å². The van der Waals surface area contributed by atoms with E-state index in [1.807, 2.05) is 0 Å². The van der Waals surface area contributed by atoms with Gasteiger partial charge in [-0.05, 0) is 73.5 Å². The van der Waals surface area contributed by atoms with Gasteiger partial charge in [0.25, 0.3) is 0 Å². The number of carboxylic acid groups (broad SMARTS) is 1. The molecule has 3 rings (SSSR count). The van der Waals surface area contributed by atoms with Crippen molar-refractivity contribution >= 4 is 5.97 Å². The van der Waals surface area contributed by atoms with Crippen molar-refractivity contribution in [3.8, 4) is 6.07 Å². The normalized spacial score (nSPS) is 43.1. The number of aliphatic hydroxyl groups is 1. The summed E-state index contributed by atoms with van der Waals surface area (Å²) in [5.41, 5.74) is 0.139. The van der Waals surface area contributed by atoms with Crippen LogP contribution in [0.5, 0.6) is 0 Å². The summed E-state index contributed by atoms with van der Waals surface area (Å²) in [6.07, 6.45) is 6.94. The second-order valence-electron chi connectivity index (χ2n) is 8.09. The third kappa shape index (κ3) is 3.77. The minimum absolute atomic E-state index is 0. The lowest BCUT2D eigenvalue weighted by Crippen LogP contribution is -2.48. The average Bonchev–Trinajstić information content (AvgIpc) is 2.78. The van der Waals surface area contributed by atoms with Crippen molar-refractivity contribution in [3.63, 3.8) is 0 Å². The van der Waals surface area contributed by atoms with Crippen molar-refractivity contribution in [1.82, 2.24) is 0 Å². The van der Waals surface area contributed by atoms with Gasteiger partial charge in [0.1, 0.15) is 0 Å². The van der Waals surface area contributed by atoms with E-state index in [4.69, 9.17) is 10.4 Å². The van der Waals surface area contributed by atoms with E-state index in [2.05, 4.69) is 13.8 Å². The van der Waals surface area contributed by atoms with Gasteiger partial charge in [0.15, 0.2) is 0 Å². The zero-order valence-electron chi connectivity index (χ0n) is 14.7. The summed E-state index contributed by atoms with van der Waals surface area (Å²) in [7, 11) is 0. The van der Waals surface area contributed by atoms with Gasteiger partial charge in [0.05, 0.1) is 12.2 Å². The molecule has 0 heterocycles. The van der Waals surface area contributed by atoms with Crippen LogP contribution in [0.15, 0.2) is 0 Å². The van der Waals surface area contributed by atoms with E-state index < -0.39 is 5.97 Å². The molecule has 0 aromatic carbocycles. The van der Waals surface area contributed by atoms with Gasteiger partial charge in [-0.3, -0.25) is 4.79 Å². The predicted octanol–water partition coefficient (Wildman–Crippen LogP) is 4.48. The molecule has 4 heteroatoms. The quantitative estimate of drug-likeness (QED) is 0.778. The Hall–Kier alpha value is -1.08. The van der Waals surface area contributed by atoms with Crippen LogP contribution in [0, 0.1) is 46.3 Å². The third-order valence-electron chi connectivity index (χ3n) is 7.17. The number of aliphatic hydroxyl groups excluding tert-OH is 1. The number of hydrogen-bond acceptors (Lipinski definition) is 3. The molecule has 0 saturated heterocycles. The number of nitrogens with zero attached hydrogens (tertiary/aromatic N) is 1. The smallest absolute Gasteiger partial charge is 0.303 e. The maximum atomic E-state index is 11.0. The van der Waals surface area contributed by atoms with Crippen molar-refractivity contribution in [2.24, 2.45) is 35.0 Å². The van der Waals surface area contributed by atoms with Gasteiger partial charge in [-0.15, -0.1) is 0 Å². The average molecular weight is 338 g/mol. The number of carbonyl (C=O) groups is 1. The van der Waals surface area contributed by atoms with Crippen molar-refractivity contribution in [2.75, 3.05) is 0 Å². The highest BCUT2D eigenvalue weighted by atomic mass is 16.4. The molecule has 0 bridgehead atoms. The Morgan fingerprint density at radius 2 is 1.83 bits per heavy atom. The van der Waals surface area contributed by atoms with Crippen molar-refractivity contribution < 1.29 is 15.0 Å². The van der Waals surface area contributed by atoms with Crippen molar-refractivity contribution in [3.05, 3.63) is 0 Å². The van der Waals surface area contributed by atoms with Crippen molar-refractivity contribution in [1.29, 1.82) is 5.26 Å². The maximum Gasteiger partial charge on any atom is 0.303 e. The number of nitriles is 1. The van der Waals surface area contributed by atoms with Crippen LogP contribution in [0.4, 0.5) is 0 Å². The molecule has 3 fully saturated rings. The first kappa shape index (κ1) is 21.0. The Bertz CT molecular complexity index is 472. The molecule has 0 aromatic heterocycles. The van der Waals surface area contributed by atoms with E-state index in [0.29, 0.717) is 30.1 Å². The second-order valence-corrected chi connectivity index (χ2v) is 8.09. The molecule has 0 amide bonds. The third-order valence-corrected chi connectivity index (χ3v) is 7.17. The largest absolute Gasteiger partial charge is 0.481 e. The molecular formula is C20H35NO3. The van der Waals surface area contributed by atoms with E-state index in [1.54, 1.807) is 6.07 Å². The van der Waals surface area contributed by atoms with Crippen LogP contribution in [0.2, 0.25) is 0 Å². The minimum atomic E-state index is -0.641. The van der Waals surface area contributed by atoms with Crippen molar-refractivity contribution in [2.45, 2.75) is 79.2 Å². The predicted molar refractivity (Wildman–Crippen MR) is 95.2 cm³/mol. The maximum absolute atomic E-state index is 11.0. The Kier molecular flexibility index (Phi) is 7.28. The summed E-state index contributed by atoms with van der Waals surface area (Å²) < 4.78 is 0. The van der Waals surface area contributed by atoms with E-state index in [0.717, 1.165) is 25.2 Å². The number of carboxylic acids is 1. The van der Waals surface area contributed by atoms with Gasteiger partial charge in [-0.1, -0.05) is 21.3 Å². The fourth-order valence-electron chi connectivity index (χ4n) is 5.89. The summed E-state index contributed by atoms with van der Waals surface area (Å²) in [5, 5.41) is 26.7. The van der Waals surface area contributed by atoms with Gasteiger partial charge in [0.2, 0.25) is 0 Å². The van der Waals surface area contributed by atoms with Crippen LogP contribution in [0.25, 0.3) is 0 Å². The number of aliphatic carboxylic acids is 1. The number of hydrogen-bond donors (Lipinski definition) is 2. The lowest BCUT2D eigenvalue weighted by molar-refractivity contribution is -0.140. The molecule has 3 aliphatic rings. The second kappa shape index (κ2) is 8.34. The fourth-order valence-corrected chi connectivity index (χ4v) is 5.89. The molecule has 0 radical (unpaired) electrons. The van der Waals surface area contributed by atoms with E-state index >= 15 is 0 Å². The topological polar surface area (TPSA) is 81.3 Å². The standard InChI is InChI=1S/C17H28O3.C2H3N.CH4/c1-10-11(9-16(19)20)3-4-13-12(10)7-8-17(2)14(13)5-6-15(17)18;1-2-3;/h10-15,18H,3-9H2,1-2H3,(H,19,20);1H3;1H4. The molecule has 0 aliphatic heterocycles. The van der Waals surface area contributed by atoms with E-state index in [1.165, 1.54) is 26.2 Å². The molecule has 0 aromatic rings. The Labute approximate surface area is 147 Å². The molecule has 0 spiro atoms. The van der Waals surface area contributed by atoms with Gasteiger partial charge in [0, 0.05) is 13.3 Å². The molecule has 7 unspecified atom stereocenters. The molecule has 3 aliphatic carbocycles. The Morgan fingerprint density at radius 3 is 2.42 bits per heavy atom. The first-order valence-corrected chi connectivity index (χ1v) is 9.05. The molecule has 7 atom stereocenters. The summed E-state index contributed by atoms with van der Waals surface area (Å²) in [5.74, 6) is 2.35. The van der Waals surface area contributed by atoms with Gasteiger partial charge in [-0.25, -0.2) is 0 Å². The van der Waals surface area contributed by atoms with Crippen LogP contribution in [0.3, 0.4) is 0 Å². The SMILES string of the molecule is C.CC#N.CC1C(CC(=O)O)CCC2C1CCC1(C)C(O)CCC21. The van der Waals surface area contributed by atoms with E-state index in [9.17, 15) is 9.90 Å².